The zero-order valence-corrected chi connectivity index (χ0v) is 27.2. The highest BCUT2D eigenvalue weighted by Crippen LogP contribution is 2.18. The fourth-order valence-electron chi connectivity index (χ4n) is 5.12. The van der Waals surface area contributed by atoms with Crippen LogP contribution >= 0.6 is 0 Å². The molecule has 0 amide bonds. The predicted octanol–water partition coefficient (Wildman–Crippen LogP) is 9.96. The van der Waals surface area contributed by atoms with Gasteiger partial charge in [0.1, 0.15) is 6.10 Å². The molecule has 236 valence electrons. The van der Waals surface area contributed by atoms with Crippen molar-refractivity contribution in [1.82, 2.24) is 4.90 Å². The highest BCUT2D eigenvalue weighted by atomic mass is 16.5. The van der Waals surface area contributed by atoms with E-state index in [2.05, 4.69) is 28.7 Å². The number of hydrogen-bond donors (Lipinski definition) is 0. The maximum Gasteiger partial charge on any atom is 0.306 e. The number of esters is 2. The largest absolute Gasteiger partial charge is 0.469 e. The number of allylic oxidation sites excluding steroid dienone is 2. The van der Waals surface area contributed by atoms with E-state index in [1.54, 1.807) is 0 Å². The minimum absolute atomic E-state index is 0.00140. The fourth-order valence-corrected chi connectivity index (χ4v) is 5.12. The Labute approximate surface area is 249 Å². The fraction of sp³-hybridized carbons (Fsp3) is 0.886. The van der Waals surface area contributed by atoms with Gasteiger partial charge in [0.2, 0.25) is 0 Å². The number of carbonyl (C=O) groups excluding carboxylic acids is 2. The van der Waals surface area contributed by atoms with Gasteiger partial charge in [0, 0.05) is 12.8 Å². The monoisotopic (exact) mass is 566 g/mol. The van der Waals surface area contributed by atoms with E-state index in [0.717, 1.165) is 38.6 Å². The maximum atomic E-state index is 12.4. The second-order valence-corrected chi connectivity index (χ2v) is 12.0. The lowest BCUT2D eigenvalue weighted by molar-refractivity contribution is -0.150. The highest BCUT2D eigenvalue weighted by molar-refractivity contribution is 5.69. The first-order valence-electron chi connectivity index (χ1n) is 17.1. The van der Waals surface area contributed by atoms with Crippen molar-refractivity contribution in [2.75, 3.05) is 27.7 Å². The topological polar surface area (TPSA) is 55.8 Å². The molecule has 0 spiro atoms. The molecule has 40 heavy (non-hydrogen) atoms. The van der Waals surface area contributed by atoms with Crippen molar-refractivity contribution in [3.8, 4) is 0 Å². The number of carbonyl (C=O) groups is 2. The molecule has 0 aromatic rings. The summed E-state index contributed by atoms with van der Waals surface area (Å²) in [6, 6.07) is 0. The Morgan fingerprint density at radius 3 is 1.55 bits per heavy atom. The Bertz CT molecular complexity index is 590. The molecule has 1 unspecified atom stereocenters. The number of unbranched alkanes of at least 4 members (excludes halogenated alkanes) is 17. The van der Waals surface area contributed by atoms with Crippen molar-refractivity contribution in [1.29, 1.82) is 0 Å². The molecule has 0 rings (SSSR count). The van der Waals surface area contributed by atoms with Crippen LogP contribution in [0.5, 0.6) is 0 Å². The molecule has 0 N–H and O–H groups in total. The van der Waals surface area contributed by atoms with E-state index in [1.807, 2.05) is 14.1 Å². The molecular formula is C35H67NO4. The maximum absolute atomic E-state index is 12.4. The molecule has 0 bridgehead atoms. The quantitative estimate of drug-likeness (QED) is 0.0493. The van der Waals surface area contributed by atoms with Crippen LogP contribution in [-0.2, 0) is 19.1 Å². The van der Waals surface area contributed by atoms with Crippen molar-refractivity contribution >= 4 is 11.9 Å². The summed E-state index contributed by atoms with van der Waals surface area (Å²) in [5.41, 5.74) is 0. The van der Waals surface area contributed by atoms with Crippen LogP contribution in [-0.4, -0.2) is 50.7 Å². The molecule has 0 aromatic heterocycles. The number of ether oxygens (including phenoxy) is 2. The summed E-state index contributed by atoms with van der Waals surface area (Å²) in [5, 5.41) is 0. The summed E-state index contributed by atoms with van der Waals surface area (Å²) in [5.74, 6) is -0.0893. The van der Waals surface area contributed by atoms with Gasteiger partial charge in [-0.2, -0.15) is 0 Å². The second-order valence-electron chi connectivity index (χ2n) is 12.0. The zero-order valence-electron chi connectivity index (χ0n) is 27.2. The van der Waals surface area contributed by atoms with E-state index in [1.165, 1.54) is 123 Å². The Morgan fingerprint density at radius 2 is 1.05 bits per heavy atom. The normalized spacial score (nSPS) is 12.3. The third-order valence-corrected chi connectivity index (χ3v) is 7.71. The molecule has 0 saturated carbocycles. The van der Waals surface area contributed by atoms with E-state index >= 15 is 0 Å². The summed E-state index contributed by atoms with van der Waals surface area (Å²) >= 11 is 0. The summed E-state index contributed by atoms with van der Waals surface area (Å²) in [6.45, 7) is 3.20. The SMILES string of the molecule is CCCCCCCCCC(CCCCCCCCC=CCCCCCCCC(=O)OC)OC(=O)CCCN(C)C. The van der Waals surface area contributed by atoms with E-state index in [0.29, 0.717) is 12.8 Å². The first kappa shape index (κ1) is 38.6. The predicted molar refractivity (Wildman–Crippen MR) is 171 cm³/mol. The summed E-state index contributed by atoms with van der Waals surface area (Å²) < 4.78 is 10.6. The lowest BCUT2D eigenvalue weighted by Crippen LogP contribution is -2.20. The molecule has 0 saturated heterocycles. The molecule has 0 heterocycles. The molecule has 5 heteroatoms. The smallest absolute Gasteiger partial charge is 0.306 e. The van der Waals surface area contributed by atoms with Crippen molar-refractivity contribution < 1.29 is 19.1 Å². The Balaban J connectivity index is 3.84. The van der Waals surface area contributed by atoms with Crippen molar-refractivity contribution in [2.24, 2.45) is 0 Å². The van der Waals surface area contributed by atoms with Gasteiger partial charge < -0.3 is 14.4 Å². The Hall–Kier alpha value is -1.36. The lowest BCUT2D eigenvalue weighted by Gasteiger charge is -2.18. The average Bonchev–Trinajstić information content (AvgIpc) is 2.93. The molecule has 0 aliphatic heterocycles. The molecule has 0 aliphatic carbocycles. The third-order valence-electron chi connectivity index (χ3n) is 7.71. The van der Waals surface area contributed by atoms with Gasteiger partial charge >= 0.3 is 11.9 Å². The summed E-state index contributed by atoms with van der Waals surface area (Å²) in [6.07, 6.45) is 33.8. The minimum atomic E-state index is -0.0879. The van der Waals surface area contributed by atoms with Crippen LogP contribution in [0.15, 0.2) is 12.2 Å². The number of methoxy groups -OCH3 is 1. The molecule has 1 atom stereocenters. The van der Waals surface area contributed by atoms with E-state index in [9.17, 15) is 9.59 Å². The van der Waals surface area contributed by atoms with Crippen LogP contribution < -0.4 is 0 Å². The number of nitrogens with zero attached hydrogens (tertiary/aromatic N) is 1. The van der Waals surface area contributed by atoms with E-state index in [4.69, 9.17) is 4.74 Å². The standard InChI is InChI=1S/C35H67NO4/c1-5-6-7-8-18-21-24-28-33(40-35(38)31-27-32-36(2)3)29-25-22-19-16-14-12-10-9-11-13-15-17-20-23-26-30-34(37)39-4/h9,11,33H,5-8,10,12-32H2,1-4H3. The van der Waals surface area contributed by atoms with Crippen LogP contribution in [0.3, 0.4) is 0 Å². The van der Waals surface area contributed by atoms with Crippen LogP contribution in [0.2, 0.25) is 0 Å². The third kappa shape index (κ3) is 29.6. The molecule has 0 aromatic carbocycles. The Morgan fingerprint density at radius 1 is 0.600 bits per heavy atom. The van der Waals surface area contributed by atoms with Crippen molar-refractivity contribution in [2.45, 2.75) is 174 Å². The van der Waals surface area contributed by atoms with Crippen LogP contribution in [0.1, 0.15) is 167 Å². The van der Waals surface area contributed by atoms with E-state index in [-0.39, 0.29) is 18.0 Å². The zero-order chi connectivity index (χ0) is 29.5. The van der Waals surface area contributed by atoms with Gasteiger partial charge in [0.15, 0.2) is 0 Å². The summed E-state index contributed by atoms with van der Waals surface area (Å²) in [4.78, 5) is 25.6. The second kappa shape index (κ2) is 30.6. The lowest BCUT2D eigenvalue weighted by atomic mass is 10.0. The average molecular weight is 566 g/mol. The first-order valence-corrected chi connectivity index (χ1v) is 17.1. The van der Waals surface area contributed by atoms with E-state index < -0.39 is 0 Å². The molecule has 0 aliphatic rings. The highest BCUT2D eigenvalue weighted by Gasteiger charge is 2.14. The number of rotatable bonds is 30. The van der Waals surface area contributed by atoms with Gasteiger partial charge in [-0.05, 0) is 84.8 Å². The molecule has 0 radical (unpaired) electrons. The van der Waals surface area contributed by atoms with Gasteiger partial charge in [-0.25, -0.2) is 0 Å². The van der Waals surface area contributed by atoms with Crippen LogP contribution in [0.4, 0.5) is 0 Å². The molecule has 5 nitrogen and oxygen atoms in total. The Kier molecular flexibility index (Phi) is 29.6. The van der Waals surface area contributed by atoms with Gasteiger partial charge in [0.25, 0.3) is 0 Å². The summed E-state index contributed by atoms with van der Waals surface area (Å²) in [7, 11) is 5.56. The molecule has 0 fully saturated rings. The first-order chi connectivity index (χ1) is 19.5. The van der Waals surface area contributed by atoms with Gasteiger partial charge in [-0.3, -0.25) is 9.59 Å². The van der Waals surface area contributed by atoms with Crippen molar-refractivity contribution in [3.05, 3.63) is 12.2 Å². The minimum Gasteiger partial charge on any atom is -0.469 e. The van der Waals surface area contributed by atoms with Gasteiger partial charge in [-0.15, -0.1) is 0 Å². The number of hydrogen-bond acceptors (Lipinski definition) is 5. The van der Waals surface area contributed by atoms with Crippen LogP contribution in [0, 0.1) is 0 Å². The van der Waals surface area contributed by atoms with Gasteiger partial charge in [0.05, 0.1) is 7.11 Å². The van der Waals surface area contributed by atoms with Crippen LogP contribution in [0.25, 0.3) is 0 Å². The molecular weight excluding hydrogens is 498 g/mol. The van der Waals surface area contributed by atoms with Gasteiger partial charge in [-0.1, -0.05) is 103 Å². The van der Waals surface area contributed by atoms with Crippen molar-refractivity contribution in [3.63, 3.8) is 0 Å².